The minimum Gasteiger partial charge on any atom is -0.398 e. The van der Waals surface area contributed by atoms with Crippen molar-refractivity contribution in [3.63, 3.8) is 0 Å². The molecular formula is C19H21ClFN3O2. The Labute approximate surface area is 158 Å². The fourth-order valence-electron chi connectivity index (χ4n) is 2.99. The molecule has 0 bridgehead atoms. The second-order valence-corrected chi connectivity index (χ2v) is 6.04. The topological polar surface area (TPSA) is 66.6 Å². The van der Waals surface area contributed by atoms with E-state index in [1.165, 1.54) is 18.2 Å². The molecule has 3 rings (SSSR count). The summed E-state index contributed by atoms with van der Waals surface area (Å²) in [5, 5.41) is 0. The lowest BCUT2D eigenvalue weighted by molar-refractivity contribution is 0.0719. The zero-order chi connectivity index (χ0) is 17.8. The van der Waals surface area contributed by atoms with Crippen LogP contribution in [-0.4, -0.2) is 47.8 Å². The van der Waals surface area contributed by atoms with Crippen molar-refractivity contribution < 1.29 is 14.0 Å². The van der Waals surface area contributed by atoms with Crippen LogP contribution in [-0.2, 0) is 0 Å². The number of nitrogens with zero attached hydrogens (tertiary/aromatic N) is 2. The van der Waals surface area contributed by atoms with Gasteiger partial charge in [-0.1, -0.05) is 18.2 Å². The van der Waals surface area contributed by atoms with E-state index in [0.29, 0.717) is 49.4 Å². The third-order valence-electron chi connectivity index (χ3n) is 4.33. The highest BCUT2D eigenvalue weighted by atomic mass is 35.5. The number of rotatable bonds is 2. The summed E-state index contributed by atoms with van der Waals surface area (Å²) in [5.41, 5.74) is 7.14. The molecule has 0 radical (unpaired) electrons. The number of nitrogen functional groups attached to an aromatic ring is 1. The summed E-state index contributed by atoms with van der Waals surface area (Å²) in [4.78, 5) is 28.6. The number of carbonyl (C=O) groups is 2. The van der Waals surface area contributed by atoms with Gasteiger partial charge in [-0.2, -0.15) is 0 Å². The van der Waals surface area contributed by atoms with Gasteiger partial charge in [-0.25, -0.2) is 4.39 Å². The van der Waals surface area contributed by atoms with Crippen LogP contribution in [0.3, 0.4) is 0 Å². The van der Waals surface area contributed by atoms with Gasteiger partial charge in [-0.3, -0.25) is 9.59 Å². The Kier molecular flexibility index (Phi) is 6.58. The van der Waals surface area contributed by atoms with E-state index in [0.717, 1.165) is 0 Å². The maximum atomic E-state index is 13.3. The van der Waals surface area contributed by atoms with Crippen molar-refractivity contribution in [3.05, 3.63) is 65.5 Å². The Bertz CT molecular complexity index is 800. The van der Waals surface area contributed by atoms with Crippen molar-refractivity contribution in [2.24, 2.45) is 0 Å². The van der Waals surface area contributed by atoms with E-state index in [1.807, 2.05) is 0 Å². The molecule has 138 valence electrons. The third kappa shape index (κ3) is 4.32. The maximum absolute atomic E-state index is 13.3. The van der Waals surface area contributed by atoms with Gasteiger partial charge < -0.3 is 15.5 Å². The zero-order valence-electron chi connectivity index (χ0n) is 14.2. The van der Waals surface area contributed by atoms with E-state index in [1.54, 1.807) is 40.1 Å². The fourth-order valence-corrected chi connectivity index (χ4v) is 2.99. The first-order valence-corrected chi connectivity index (χ1v) is 8.25. The van der Waals surface area contributed by atoms with Gasteiger partial charge in [-0.05, 0) is 36.8 Å². The molecule has 26 heavy (non-hydrogen) atoms. The first-order valence-electron chi connectivity index (χ1n) is 8.25. The van der Waals surface area contributed by atoms with Crippen LogP contribution in [0.1, 0.15) is 27.1 Å². The van der Waals surface area contributed by atoms with Crippen LogP contribution >= 0.6 is 12.4 Å². The Hall–Kier alpha value is -2.60. The molecular weight excluding hydrogens is 357 g/mol. The smallest absolute Gasteiger partial charge is 0.256 e. The van der Waals surface area contributed by atoms with Gasteiger partial charge in [0.15, 0.2) is 0 Å². The van der Waals surface area contributed by atoms with E-state index in [-0.39, 0.29) is 24.2 Å². The predicted molar refractivity (Wildman–Crippen MR) is 101 cm³/mol. The number of amides is 2. The third-order valence-corrected chi connectivity index (χ3v) is 4.33. The number of halogens is 2. The first kappa shape index (κ1) is 19.7. The molecule has 1 fully saturated rings. The van der Waals surface area contributed by atoms with Crippen molar-refractivity contribution in [2.75, 3.05) is 31.9 Å². The molecule has 1 aliphatic rings. The molecule has 0 saturated carbocycles. The summed E-state index contributed by atoms with van der Waals surface area (Å²) < 4.78 is 13.3. The second kappa shape index (κ2) is 8.67. The lowest BCUT2D eigenvalue weighted by Gasteiger charge is -2.22. The molecule has 2 aromatic carbocycles. The van der Waals surface area contributed by atoms with Gasteiger partial charge in [0.2, 0.25) is 0 Å². The first-order chi connectivity index (χ1) is 12.1. The lowest BCUT2D eigenvalue weighted by Crippen LogP contribution is -2.37. The number of carbonyl (C=O) groups excluding carboxylic acids is 2. The van der Waals surface area contributed by atoms with Crippen LogP contribution in [0.4, 0.5) is 10.1 Å². The molecule has 1 aliphatic heterocycles. The minimum atomic E-state index is -0.433. The Morgan fingerprint density at radius 2 is 1.54 bits per heavy atom. The number of hydrogen-bond acceptors (Lipinski definition) is 3. The Morgan fingerprint density at radius 3 is 2.19 bits per heavy atom. The van der Waals surface area contributed by atoms with Crippen molar-refractivity contribution in [1.82, 2.24) is 9.80 Å². The van der Waals surface area contributed by atoms with E-state index in [4.69, 9.17) is 5.73 Å². The number of nitrogens with two attached hydrogens (primary N) is 1. The maximum Gasteiger partial charge on any atom is 0.256 e. The molecule has 5 nitrogen and oxygen atoms in total. The van der Waals surface area contributed by atoms with Crippen molar-refractivity contribution in [3.8, 4) is 0 Å². The average Bonchev–Trinajstić information content (AvgIpc) is 2.87. The van der Waals surface area contributed by atoms with E-state index in [9.17, 15) is 14.0 Å². The van der Waals surface area contributed by atoms with Gasteiger partial charge in [-0.15, -0.1) is 12.4 Å². The van der Waals surface area contributed by atoms with Crippen molar-refractivity contribution >= 4 is 29.9 Å². The molecule has 0 unspecified atom stereocenters. The summed E-state index contributed by atoms with van der Waals surface area (Å²) in [6, 6.07) is 12.6. The largest absolute Gasteiger partial charge is 0.398 e. The van der Waals surface area contributed by atoms with Gasteiger partial charge in [0.05, 0.1) is 5.56 Å². The van der Waals surface area contributed by atoms with Crippen molar-refractivity contribution in [1.29, 1.82) is 0 Å². The molecule has 0 aliphatic carbocycles. The second-order valence-electron chi connectivity index (χ2n) is 6.04. The molecule has 1 heterocycles. The van der Waals surface area contributed by atoms with Gasteiger partial charge in [0, 0.05) is 37.4 Å². The summed E-state index contributed by atoms with van der Waals surface area (Å²) >= 11 is 0. The summed E-state index contributed by atoms with van der Waals surface area (Å²) in [6.45, 7) is 1.92. The summed E-state index contributed by atoms with van der Waals surface area (Å²) in [5.74, 6) is -0.775. The average molecular weight is 378 g/mol. The molecule has 0 aromatic heterocycles. The van der Waals surface area contributed by atoms with Gasteiger partial charge >= 0.3 is 0 Å². The van der Waals surface area contributed by atoms with Gasteiger partial charge in [0.1, 0.15) is 5.82 Å². The van der Waals surface area contributed by atoms with Crippen LogP contribution in [0.15, 0.2) is 48.5 Å². The van der Waals surface area contributed by atoms with Crippen molar-refractivity contribution in [2.45, 2.75) is 6.42 Å². The lowest BCUT2D eigenvalue weighted by atomic mass is 10.1. The van der Waals surface area contributed by atoms with Crippen LogP contribution in [0.2, 0.25) is 0 Å². The highest BCUT2D eigenvalue weighted by Gasteiger charge is 2.24. The number of para-hydroxylation sites is 1. The van der Waals surface area contributed by atoms with E-state index in [2.05, 4.69) is 0 Å². The van der Waals surface area contributed by atoms with Crippen LogP contribution in [0.5, 0.6) is 0 Å². The van der Waals surface area contributed by atoms with E-state index >= 15 is 0 Å². The predicted octanol–water partition coefficient (Wildman–Crippen LogP) is 2.82. The normalized spacial score (nSPS) is 14.3. The van der Waals surface area contributed by atoms with Gasteiger partial charge in [0.25, 0.3) is 11.8 Å². The number of hydrogen-bond donors (Lipinski definition) is 1. The quantitative estimate of drug-likeness (QED) is 0.818. The monoisotopic (exact) mass is 377 g/mol. The molecule has 2 aromatic rings. The van der Waals surface area contributed by atoms with E-state index < -0.39 is 5.82 Å². The van der Waals surface area contributed by atoms with Crippen LogP contribution in [0, 0.1) is 5.82 Å². The Balaban J connectivity index is 0.00000243. The standard InChI is InChI=1S/C19H20FN3O2.ClH/c20-15-6-3-5-14(13-15)18(24)22-9-4-10-23(12-11-22)19(25)16-7-1-2-8-17(16)21;/h1-3,5-8,13H,4,9-12,21H2;1H. The molecule has 0 spiro atoms. The highest BCUT2D eigenvalue weighted by molar-refractivity contribution is 5.99. The van der Waals surface area contributed by atoms with Crippen LogP contribution < -0.4 is 5.73 Å². The SMILES string of the molecule is Cl.Nc1ccccc1C(=O)N1CCCN(C(=O)c2cccc(F)c2)CC1. The molecule has 7 heteroatoms. The highest BCUT2D eigenvalue weighted by Crippen LogP contribution is 2.16. The molecule has 0 atom stereocenters. The fraction of sp³-hybridized carbons (Fsp3) is 0.263. The molecule has 2 N–H and O–H groups in total. The Morgan fingerprint density at radius 1 is 0.885 bits per heavy atom. The minimum absolute atomic E-state index is 0. The molecule has 2 amide bonds. The summed E-state index contributed by atoms with van der Waals surface area (Å²) in [7, 11) is 0. The number of anilines is 1. The van der Waals surface area contributed by atoms with Crippen LogP contribution in [0.25, 0.3) is 0 Å². The molecule has 1 saturated heterocycles. The number of benzene rings is 2. The zero-order valence-corrected chi connectivity index (χ0v) is 15.0. The summed E-state index contributed by atoms with van der Waals surface area (Å²) in [6.07, 6.45) is 0.666.